The number of likely N-dealkylation sites (tertiary alicyclic amines) is 1. The van der Waals surface area contributed by atoms with Gasteiger partial charge in [-0.25, -0.2) is 9.78 Å². The number of aromatic nitrogens is 1. The molecule has 2 aromatic rings. The first-order chi connectivity index (χ1) is 11.2. The van der Waals surface area contributed by atoms with Crippen molar-refractivity contribution < 1.29 is 13.9 Å². The van der Waals surface area contributed by atoms with Crippen molar-refractivity contribution in [1.82, 2.24) is 15.2 Å². The highest BCUT2D eigenvalue weighted by atomic mass is 16.5. The Balaban J connectivity index is 1.56. The Morgan fingerprint density at radius 1 is 1.43 bits per heavy atom. The van der Waals surface area contributed by atoms with E-state index >= 15 is 0 Å². The normalized spacial score (nSPS) is 17.4. The second kappa shape index (κ2) is 7.00. The zero-order valence-corrected chi connectivity index (χ0v) is 13.6. The molecular formula is C17H23N3O3. The highest BCUT2D eigenvalue weighted by molar-refractivity contribution is 5.74. The predicted molar refractivity (Wildman–Crippen MR) is 87.4 cm³/mol. The van der Waals surface area contributed by atoms with E-state index < -0.39 is 0 Å². The number of benzene rings is 1. The molecule has 1 aliphatic heterocycles. The maximum atomic E-state index is 12.2. The predicted octanol–water partition coefficient (Wildman–Crippen LogP) is 2.75. The first-order valence-corrected chi connectivity index (χ1v) is 8.07. The van der Waals surface area contributed by atoms with Crippen LogP contribution in [0.4, 0.5) is 4.79 Å². The maximum Gasteiger partial charge on any atom is 0.317 e. The molecule has 0 aliphatic carbocycles. The third-order valence-electron chi connectivity index (χ3n) is 4.23. The van der Waals surface area contributed by atoms with Gasteiger partial charge in [-0.3, -0.25) is 0 Å². The van der Waals surface area contributed by atoms with E-state index in [0.29, 0.717) is 6.61 Å². The molecule has 1 N–H and O–H groups in total. The number of para-hydroxylation sites is 2. The van der Waals surface area contributed by atoms with E-state index in [1.807, 2.05) is 36.1 Å². The number of nitrogens with one attached hydrogen (secondary N) is 1. The lowest BCUT2D eigenvalue weighted by molar-refractivity contribution is 0.151. The summed E-state index contributed by atoms with van der Waals surface area (Å²) in [6.45, 7) is 3.89. The van der Waals surface area contributed by atoms with Gasteiger partial charge in [0.25, 0.3) is 0 Å². The van der Waals surface area contributed by atoms with Crippen LogP contribution in [-0.2, 0) is 4.74 Å². The highest BCUT2D eigenvalue weighted by Gasteiger charge is 2.27. The number of ether oxygens (including phenoxy) is 1. The van der Waals surface area contributed by atoms with Crippen LogP contribution >= 0.6 is 0 Å². The second-order valence-electron chi connectivity index (χ2n) is 6.09. The van der Waals surface area contributed by atoms with Crippen LogP contribution in [0.1, 0.15) is 31.6 Å². The molecule has 2 heterocycles. The van der Waals surface area contributed by atoms with Gasteiger partial charge in [0.2, 0.25) is 0 Å². The zero-order valence-electron chi connectivity index (χ0n) is 13.6. The summed E-state index contributed by atoms with van der Waals surface area (Å²) in [5.41, 5.74) is 1.73. The number of methoxy groups -OCH3 is 1. The molecule has 1 aromatic heterocycles. The van der Waals surface area contributed by atoms with Crippen LogP contribution in [0.3, 0.4) is 0 Å². The Bertz CT molecular complexity index is 629. The number of amides is 2. The number of urea groups is 1. The van der Waals surface area contributed by atoms with Crippen LogP contribution < -0.4 is 5.32 Å². The van der Waals surface area contributed by atoms with Gasteiger partial charge in [0.05, 0.1) is 12.6 Å². The molecule has 1 unspecified atom stereocenters. The molecule has 1 aromatic carbocycles. The quantitative estimate of drug-likeness (QED) is 0.941. The van der Waals surface area contributed by atoms with Crippen molar-refractivity contribution in [2.75, 3.05) is 26.8 Å². The van der Waals surface area contributed by atoms with Crippen LogP contribution in [-0.4, -0.2) is 48.8 Å². The lowest BCUT2D eigenvalue weighted by atomic mass is 9.97. The Morgan fingerprint density at radius 2 is 2.17 bits per heavy atom. The monoisotopic (exact) mass is 317 g/mol. The number of rotatable bonds is 4. The van der Waals surface area contributed by atoms with Gasteiger partial charge in [-0.2, -0.15) is 0 Å². The minimum Gasteiger partial charge on any atom is -0.440 e. The lowest BCUT2D eigenvalue weighted by Gasteiger charge is -2.31. The van der Waals surface area contributed by atoms with Crippen molar-refractivity contribution in [2.24, 2.45) is 0 Å². The van der Waals surface area contributed by atoms with Gasteiger partial charge in [0.15, 0.2) is 11.5 Å². The van der Waals surface area contributed by atoms with Crippen LogP contribution in [0.25, 0.3) is 11.1 Å². The number of nitrogens with zero attached hydrogens (tertiary/aromatic N) is 2. The number of hydrogen-bond acceptors (Lipinski definition) is 4. The summed E-state index contributed by atoms with van der Waals surface area (Å²) in [6, 6.07) is 7.80. The molecule has 0 bridgehead atoms. The standard InChI is InChI=1S/C17H23N3O3/c1-12(11-22-2)18-17(21)20-9-7-13(8-10-20)16-19-14-5-3-4-6-15(14)23-16/h3-6,12-13H,7-11H2,1-2H3,(H,18,21). The van der Waals surface area contributed by atoms with Crippen molar-refractivity contribution in [3.8, 4) is 0 Å². The topological polar surface area (TPSA) is 67.6 Å². The number of piperidine rings is 1. The van der Waals surface area contributed by atoms with Crippen molar-refractivity contribution in [3.63, 3.8) is 0 Å². The third kappa shape index (κ3) is 3.64. The minimum atomic E-state index is -0.0226. The highest BCUT2D eigenvalue weighted by Crippen LogP contribution is 2.29. The van der Waals surface area contributed by atoms with Crippen LogP contribution in [0, 0.1) is 0 Å². The molecule has 0 radical (unpaired) electrons. The molecule has 3 rings (SSSR count). The molecule has 0 spiro atoms. The zero-order chi connectivity index (χ0) is 16.2. The molecule has 124 valence electrons. The molecule has 2 amide bonds. The molecule has 23 heavy (non-hydrogen) atoms. The van der Waals surface area contributed by atoms with Gasteiger partial charge in [-0.05, 0) is 31.9 Å². The SMILES string of the molecule is COCC(C)NC(=O)N1CCC(c2nc3ccccc3o2)CC1. The van der Waals surface area contributed by atoms with Crippen molar-refractivity contribution in [3.05, 3.63) is 30.2 Å². The van der Waals surface area contributed by atoms with Crippen molar-refractivity contribution in [2.45, 2.75) is 31.7 Å². The van der Waals surface area contributed by atoms with E-state index in [-0.39, 0.29) is 18.0 Å². The maximum absolute atomic E-state index is 12.2. The van der Waals surface area contributed by atoms with E-state index in [0.717, 1.165) is 42.9 Å². The number of carbonyl (C=O) groups is 1. The Hall–Kier alpha value is -2.08. The summed E-state index contributed by atoms with van der Waals surface area (Å²) in [5.74, 6) is 1.07. The Labute approximate surface area is 135 Å². The summed E-state index contributed by atoms with van der Waals surface area (Å²) >= 11 is 0. The minimum absolute atomic E-state index is 0.0160. The van der Waals surface area contributed by atoms with E-state index in [2.05, 4.69) is 10.3 Å². The first kappa shape index (κ1) is 15.8. The fraction of sp³-hybridized carbons (Fsp3) is 0.529. The molecule has 6 heteroatoms. The summed E-state index contributed by atoms with van der Waals surface area (Å²) in [6.07, 6.45) is 1.75. The lowest BCUT2D eigenvalue weighted by Crippen LogP contribution is -2.48. The second-order valence-corrected chi connectivity index (χ2v) is 6.09. The molecule has 1 atom stereocenters. The van der Waals surface area contributed by atoms with Gasteiger partial charge >= 0.3 is 6.03 Å². The number of fused-ring (bicyclic) bond motifs is 1. The molecule has 1 aliphatic rings. The molecule has 6 nitrogen and oxygen atoms in total. The molecule has 1 fully saturated rings. The number of oxazole rings is 1. The number of hydrogen-bond donors (Lipinski definition) is 1. The van der Waals surface area contributed by atoms with Crippen LogP contribution in [0.15, 0.2) is 28.7 Å². The fourth-order valence-corrected chi connectivity index (χ4v) is 2.99. The van der Waals surface area contributed by atoms with Crippen LogP contribution in [0.5, 0.6) is 0 Å². The van der Waals surface area contributed by atoms with Gasteiger partial charge in [-0.15, -0.1) is 0 Å². The Morgan fingerprint density at radius 3 is 2.87 bits per heavy atom. The average Bonchev–Trinajstić information content (AvgIpc) is 2.99. The van der Waals surface area contributed by atoms with Crippen molar-refractivity contribution >= 4 is 17.1 Å². The summed E-state index contributed by atoms with van der Waals surface area (Å²) in [7, 11) is 1.63. The van der Waals surface area contributed by atoms with Gasteiger partial charge in [-0.1, -0.05) is 12.1 Å². The summed E-state index contributed by atoms with van der Waals surface area (Å²) < 4.78 is 10.9. The first-order valence-electron chi connectivity index (χ1n) is 8.07. The molecule has 0 saturated carbocycles. The van der Waals surface area contributed by atoms with E-state index in [1.54, 1.807) is 7.11 Å². The van der Waals surface area contributed by atoms with E-state index in [4.69, 9.17) is 9.15 Å². The smallest absolute Gasteiger partial charge is 0.317 e. The molecular weight excluding hydrogens is 294 g/mol. The average molecular weight is 317 g/mol. The fourth-order valence-electron chi connectivity index (χ4n) is 2.99. The van der Waals surface area contributed by atoms with E-state index in [9.17, 15) is 4.79 Å². The van der Waals surface area contributed by atoms with E-state index in [1.165, 1.54) is 0 Å². The van der Waals surface area contributed by atoms with Crippen molar-refractivity contribution in [1.29, 1.82) is 0 Å². The molecule has 1 saturated heterocycles. The largest absolute Gasteiger partial charge is 0.440 e. The summed E-state index contributed by atoms with van der Waals surface area (Å²) in [4.78, 5) is 18.6. The third-order valence-corrected chi connectivity index (χ3v) is 4.23. The van der Waals surface area contributed by atoms with Gasteiger partial charge in [0, 0.05) is 26.1 Å². The van der Waals surface area contributed by atoms with Gasteiger partial charge < -0.3 is 19.4 Å². The summed E-state index contributed by atoms with van der Waals surface area (Å²) in [5, 5.41) is 2.95. The number of carbonyl (C=O) groups excluding carboxylic acids is 1. The van der Waals surface area contributed by atoms with Crippen LogP contribution in [0.2, 0.25) is 0 Å². The van der Waals surface area contributed by atoms with Gasteiger partial charge in [0.1, 0.15) is 5.52 Å². The Kier molecular flexibility index (Phi) is 4.81.